The Bertz CT molecular complexity index is 1150. The van der Waals surface area contributed by atoms with Gasteiger partial charge in [0.15, 0.2) is 0 Å². The minimum absolute atomic E-state index is 0.0736. The quantitative estimate of drug-likeness (QED) is 0.314. The molecule has 0 radical (unpaired) electrons. The summed E-state index contributed by atoms with van der Waals surface area (Å²) in [6, 6.07) is 8.43. The molecule has 0 saturated carbocycles. The Kier molecular flexibility index (Phi) is 11.4. The number of nitrogens with zero attached hydrogens (tertiary/aromatic N) is 2. The normalized spacial score (nSPS) is 23.6. The number of benzene rings is 1. The van der Waals surface area contributed by atoms with Crippen LogP contribution < -0.4 is 0 Å². The lowest BCUT2D eigenvalue weighted by molar-refractivity contribution is -0.146. The van der Waals surface area contributed by atoms with E-state index in [-0.39, 0.29) is 26.7 Å². The maximum Gasteiger partial charge on any atom is 0.411 e. The van der Waals surface area contributed by atoms with Crippen LogP contribution in [0.5, 0.6) is 0 Å². The van der Waals surface area contributed by atoms with Crippen molar-refractivity contribution in [1.82, 2.24) is 9.80 Å². The first kappa shape index (κ1) is 34.0. The minimum Gasteiger partial charge on any atom is -0.467 e. The molecule has 14 heteroatoms. The van der Waals surface area contributed by atoms with Gasteiger partial charge in [-0.1, -0.05) is 30.3 Å². The Morgan fingerprint density at radius 2 is 1.21 bits per heavy atom. The van der Waals surface area contributed by atoms with Crippen LogP contribution in [0.4, 0.5) is 9.59 Å². The highest BCUT2D eigenvalue weighted by Crippen LogP contribution is 2.53. The fourth-order valence-corrected chi connectivity index (χ4v) is 11.8. The van der Waals surface area contributed by atoms with E-state index < -0.39 is 29.9 Å². The summed E-state index contributed by atoms with van der Waals surface area (Å²) in [5, 5.41) is 0. The molecule has 2 atom stereocenters. The predicted molar refractivity (Wildman–Crippen MR) is 172 cm³/mol. The van der Waals surface area contributed by atoms with Crippen molar-refractivity contribution in [3.8, 4) is 0 Å². The number of rotatable bonds is 4. The van der Waals surface area contributed by atoms with Crippen molar-refractivity contribution >= 4 is 71.2 Å². The number of hydrogen-bond acceptors (Lipinski definition) is 12. The summed E-state index contributed by atoms with van der Waals surface area (Å²) >= 11 is 7.31. The van der Waals surface area contributed by atoms with Crippen molar-refractivity contribution in [2.24, 2.45) is 0 Å². The molecule has 4 aliphatic heterocycles. The van der Waals surface area contributed by atoms with Gasteiger partial charge >= 0.3 is 24.1 Å². The highest BCUT2D eigenvalue weighted by molar-refractivity contribution is 8.21. The van der Waals surface area contributed by atoms with Gasteiger partial charge in [0.25, 0.3) is 0 Å². The summed E-state index contributed by atoms with van der Waals surface area (Å²) in [7, 11) is 2.71. The topological polar surface area (TPSA) is 112 Å². The molecule has 1 aromatic rings. The van der Waals surface area contributed by atoms with Gasteiger partial charge in [-0.15, -0.1) is 47.0 Å². The van der Waals surface area contributed by atoms with E-state index in [9.17, 15) is 19.2 Å². The Hall–Kier alpha value is -1.90. The van der Waals surface area contributed by atoms with Gasteiger partial charge in [-0.3, -0.25) is 9.80 Å². The van der Waals surface area contributed by atoms with Crippen LogP contribution in [-0.4, -0.2) is 110 Å². The van der Waals surface area contributed by atoms with Gasteiger partial charge < -0.3 is 18.9 Å². The number of ether oxygens (including phenoxy) is 4. The summed E-state index contributed by atoms with van der Waals surface area (Å²) < 4.78 is 20.4. The monoisotopic (exact) mass is 672 g/mol. The Morgan fingerprint density at radius 1 is 0.767 bits per heavy atom. The molecular formula is C29H40N2O8S4. The predicted octanol–water partition coefficient (Wildman–Crippen LogP) is 5.09. The molecule has 4 fully saturated rings. The molecule has 10 nitrogen and oxygen atoms in total. The van der Waals surface area contributed by atoms with Crippen LogP contribution in [-0.2, 0) is 35.1 Å². The number of hydrogen-bond donors (Lipinski definition) is 0. The van der Waals surface area contributed by atoms with Gasteiger partial charge in [0, 0.05) is 48.9 Å². The number of esters is 2. The summed E-state index contributed by atoms with van der Waals surface area (Å²) in [5.74, 6) is 3.48. The van der Waals surface area contributed by atoms with E-state index >= 15 is 0 Å². The number of carbonyl (C=O) groups excluding carboxylic acids is 4. The van der Waals surface area contributed by atoms with Crippen LogP contribution in [0.2, 0.25) is 0 Å². The lowest BCUT2D eigenvalue weighted by atomic mass is 10.2. The molecule has 0 aromatic heterocycles. The Labute approximate surface area is 270 Å². The molecule has 43 heavy (non-hydrogen) atoms. The lowest BCUT2D eigenvalue weighted by Gasteiger charge is -2.27. The third kappa shape index (κ3) is 8.64. The van der Waals surface area contributed by atoms with Crippen LogP contribution in [0, 0.1) is 0 Å². The molecule has 2 spiro atoms. The number of likely N-dealkylation sites (tertiary alicyclic amines) is 2. The van der Waals surface area contributed by atoms with Crippen molar-refractivity contribution in [2.45, 2.75) is 66.1 Å². The molecule has 5 rings (SSSR count). The van der Waals surface area contributed by atoms with Gasteiger partial charge in [-0.05, 0) is 26.3 Å². The molecule has 1 aromatic carbocycles. The molecule has 0 unspecified atom stereocenters. The van der Waals surface area contributed by atoms with E-state index in [0.29, 0.717) is 25.9 Å². The summed E-state index contributed by atoms with van der Waals surface area (Å²) in [6.07, 6.45) is 0.371. The van der Waals surface area contributed by atoms with Crippen molar-refractivity contribution in [1.29, 1.82) is 0 Å². The first-order valence-electron chi connectivity index (χ1n) is 14.1. The van der Waals surface area contributed by atoms with E-state index in [4.69, 9.17) is 18.9 Å². The van der Waals surface area contributed by atoms with Crippen LogP contribution in [0.15, 0.2) is 30.3 Å². The average Bonchev–Trinajstić information content (AvgIpc) is 3.79. The first-order valence-corrected chi connectivity index (χ1v) is 18.0. The van der Waals surface area contributed by atoms with Gasteiger partial charge in [0.2, 0.25) is 0 Å². The number of amides is 2. The van der Waals surface area contributed by atoms with Crippen LogP contribution in [0.25, 0.3) is 0 Å². The first-order chi connectivity index (χ1) is 20.4. The second kappa shape index (κ2) is 14.5. The summed E-state index contributed by atoms with van der Waals surface area (Å²) in [4.78, 5) is 51.8. The second-order valence-electron chi connectivity index (χ2n) is 11.5. The van der Waals surface area contributed by atoms with Crippen LogP contribution in [0.1, 0.15) is 39.2 Å². The molecule has 238 valence electrons. The van der Waals surface area contributed by atoms with E-state index in [0.717, 1.165) is 28.6 Å². The molecule has 0 bridgehead atoms. The minimum atomic E-state index is -0.566. The number of carbonyl (C=O) groups is 4. The van der Waals surface area contributed by atoms with Gasteiger partial charge in [-0.25, -0.2) is 19.2 Å². The van der Waals surface area contributed by atoms with Crippen molar-refractivity contribution in [3.63, 3.8) is 0 Å². The fourth-order valence-electron chi connectivity index (χ4n) is 5.29. The molecule has 0 N–H and O–H groups in total. The molecule has 4 saturated heterocycles. The van der Waals surface area contributed by atoms with E-state index in [1.54, 1.807) is 0 Å². The zero-order valence-corrected chi connectivity index (χ0v) is 28.5. The Balaban J connectivity index is 0.000000199. The summed E-state index contributed by atoms with van der Waals surface area (Å²) in [5.41, 5.74) is 0.359. The van der Waals surface area contributed by atoms with E-state index in [2.05, 4.69) is 0 Å². The largest absolute Gasteiger partial charge is 0.467 e. The van der Waals surface area contributed by atoms with Gasteiger partial charge in [0.1, 0.15) is 24.3 Å². The van der Waals surface area contributed by atoms with Crippen molar-refractivity contribution in [3.05, 3.63) is 35.9 Å². The standard InChI is InChI=1S/C16H19NO4S2.C13H21NO4S2/c1-20-14(18)13-9-16(22-7-8-23-16)11-17(13)15(19)21-10-12-5-3-2-4-6-12;1-12(2,3)18-11(16)14-8-13(19-5-6-20-13)7-9(14)10(15)17-4/h2-6,13H,7-11H2,1H3;9H,5-8H2,1-4H3/t13-;9-/m00/s1. The zero-order chi connectivity index (χ0) is 31.3. The van der Waals surface area contributed by atoms with Crippen molar-refractivity contribution < 1.29 is 38.1 Å². The zero-order valence-electron chi connectivity index (χ0n) is 25.2. The molecule has 4 heterocycles. The number of methoxy groups -OCH3 is 2. The van der Waals surface area contributed by atoms with Crippen LogP contribution in [0.3, 0.4) is 0 Å². The van der Waals surface area contributed by atoms with Gasteiger partial charge in [0.05, 0.1) is 22.4 Å². The lowest BCUT2D eigenvalue weighted by Crippen LogP contribution is -2.44. The number of thioether (sulfide) groups is 4. The van der Waals surface area contributed by atoms with Crippen molar-refractivity contribution in [2.75, 3.05) is 50.3 Å². The highest BCUT2D eigenvalue weighted by Gasteiger charge is 2.53. The third-order valence-electron chi connectivity index (χ3n) is 7.22. The highest BCUT2D eigenvalue weighted by atomic mass is 32.2. The smallest absolute Gasteiger partial charge is 0.411 e. The molecular weight excluding hydrogens is 633 g/mol. The van der Waals surface area contributed by atoms with E-state index in [1.165, 1.54) is 24.0 Å². The third-order valence-corrected chi connectivity index (χ3v) is 14.1. The molecule has 4 aliphatic rings. The SMILES string of the molecule is COC(=O)[C@@H]1CC2(CN1C(=O)OC(C)(C)C)SCCS2.COC(=O)[C@@H]1CC2(CN1C(=O)OCc1ccccc1)SCCS2. The van der Waals surface area contributed by atoms with Crippen LogP contribution >= 0.6 is 47.0 Å². The second-order valence-corrected chi connectivity index (χ2v) is 17.9. The van der Waals surface area contributed by atoms with Gasteiger partial charge in [-0.2, -0.15) is 0 Å². The van der Waals surface area contributed by atoms with E-state index in [1.807, 2.05) is 98.2 Å². The maximum absolute atomic E-state index is 12.5. The summed E-state index contributed by atoms with van der Waals surface area (Å²) in [6.45, 7) is 6.74. The Morgan fingerprint density at radius 3 is 1.63 bits per heavy atom. The molecule has 0 aliphatic carbocycles. The molecule has 2 amide bonds. The maximum atomic E-state index is 12.5. The average molecular weight is 673 g/mol. The fraction of sp³-hybridized carbons (Fsp3) is 0.655.